The first-order chi connectivity index (χ1) is 13.0. The SMILES string of the molecule is CCOC(=O)c1ccc(C)c(NC(=S)N[C@H](CC)c2ccc(OC)cc2)c1. The molecular weight excluding hydrogens is 360 g/mol. The third-order valence-corrected chi connectivity index (χ3v) is 4.45. The topological polar surface area (TPSA) is 59.6 Å². The van der Waals surface area contributed by atoms with E-state index in [1.165, 1.54) is 0 Å². The van der Waals surface area contributed by atoms with Crippen LogP contribution in [0.25, 0.3) is 0 Å². The summed E-state index contributed by atoms with van der Waals surface area (Å²) in [6.45, 7) is 6.18. The van der Waals surface area contributed by atoms with E-state index in [1.54, 1.807) is 26.2 Å². The second-order valence-electron chi connectivity index (χ2n) is 6.08. The molecule has 0 saturated heterocycles. The molecule has 0 fully saturated rings. The average molecular weight is 387 g/mol. The summed E-state index contributed by atoms with van der Waals surface area (Å²) in [5.74, 6) is 0.477. The Labute approximate surface area is 166 Å². The first kappa shape index (κ1) is 20.7. The van der Waals surface area contributed by atoms with Crippen LogP contribution in [0, 0.1) is 6.92 Å². The van der Waals surface area contributed by atoms with Gasteiger partial charge in [-0.15, -0.1) is 0 Å². The van der Waals surface area contributed by atoms with Gasteiger partial charge in [0.25, 0.3) is 0 Å². The smallest absolute Gasteiger partial charge is 0.338 e. The van der Waals surface area contributed by atoms with E-state index in [1.807, 2.05) is 37.3 Å². The van der Waals surface area contributed by atoms with Crippen molar-refractivity contribution in [2.24, 2.45) is 0 Å². The maximum Gasteiger partial charge on any atom is 0.338 e. The lowest BCUT2D eigenvalue weighted by atomic mass is 10.0. The van der Waals surface area contributed by atoms with E-state index in [0.29, 0.717) is 17.3 Å². The zero-order valence-electron chi connectivity index (χ0n) is 16.2. The first-order valence-corrected chi connectivity index (χ1v) is 9.38. The van der Waals surface area contributed by atoms with Crippen LogP contribution >= 0.6 is 12.2 Å². The Kier molecular flexibility index (Phi) is 7.61. The van der Waals surface area contributed by atoms with Crippen molar-refractivity contribution in [2.75, 3.05) is 19.0 Å². The molecule has 0 heterocycles. The standard InChI is InChI=1S/C21H26N2O3S/c1-5-18(15-9-11-17(25-4)12-10-15)22-21(27)23-19-13-16(8-7-14(19)3)20(24)26-6-2/h7-13,18H,5-6H2,1-4H3,(H2,22,23,27)/t18-/m1/s1. The summed E-state index contributed by atoms with van der Waals surface area (Å²) in [5, 5.41) is 7.03. The molecule has 2 aromatic rings. The number of methoxy groups -OCH3 is 1. The number of hydrogen-bond acceptors (Lipinski definition) is 4. The molecule has 1 atom stereocenters. The van der Waals surface area contributed by atoms with Crippen LogP contribution in [0.5, 0.6) is 5.75 Å². The highest BCUT2D eigenvalue weighted by Gasteiger charge is 2.13. The van der Waals surface area contributed by atoms with Crippen molar-refractivity contribution in [1.82, 2.24) is 5.32 Å². The minimum Gasteiger partial charge on any atom is -0.497 e. The van der Waals surface area contributed by atoms with Crippen molar-refractivity contribution >= 4 is 29.0 Å². The molecule has 2 rings (SSSR count). The number of anilines is 1. The van der Waals surface area contributed by atoms with Gasteiger partial charge in [0.15, 0.2) is 5.11 Å². The highest BCUT2D eigenvalue weighted by atomic mass is 32.1. The summed E-state index contributed by atoms with van der Waals surface area (Å²) in [6.07, 6.45) is 0.871. The maximum absolute atomic E-state index is 11.9. The van der Waals surface area contributed by atoms with E-state index >= 15 is 0 Å². The Morgan fingerprint density at radius 3 is 2.44 bits per heavy atom. The molecular formula is C21H26N2O3S. The van der Waals surface area contributed by atoms with Gasteiger partial charge in [-0.3, -0.25) is 0 Å². The van der Waals surface area contributed by atoms with Gasteiger partial charge < -0.3 is 20.1 Å². The van der Waals surface area contributed by atoms with Crippen LogP contribution in [0.2, 0.25) is 0 Å². The van der Waals surface area contributed by atoms with Gasteiger partial charge >= 0.3 is 5.97 Å². The molecule has 6 heteroatoms. The van der Waals surface area contributed by atoms with Crippen LogP contribution in [0.4, 0.5) is 5.69 Å². The quantitative estimate of drug-likeness (QED) is 0.535. The van der Waals surface area contributed by atoms with E-state index in [4.69, 9.17) is 21.7 Å². The van der Waals surface area contributed by atoms with Crippen LogP contribution in [0.3, 0.4) is 0 Å². The predicted molar refractivity (Wildman–Crippen MR) is 113 cm³/mol. The molecule has 27 heavy (non-hydrogen) atoms. The monoisotopic (exact) mass is 386 g/mol. The third-order valence-electron chi connectivity index (χ3n) is 4.23. The Hall–Kier alpha value is -2.60. The predicted octanol–water partition coefficient (Wildman–Crippen LogP) is 4.62. The Morgan fingerprint density at radius 1 is 1.15 bits per heavy atom. The van der Waals surface area contributed by atoms with Gasteiger partial charge in [0.1, 0.15) is 5.75 Å². The molecule has 0 unspecified atom stereocenters. The van der Waals surface area contributed by atoms with Gasteiger partial charge in [0.2, 0.25) is 0 Å². The Morgan fingerprint density at radius 2 is 1.85 bits per heavy atom. The van der Waals surface area contributed by atoms with Gasteiger partial charge in [-0.25, -0.2) is 4.79 Å². The number of ether oxygens (including phenoxy) is 2. The summed E-state index contributed by atoms with van der Waals surface area (Å²) >= 11 is 5.48. The highest BCUT2D eigenvalue weighted by molar-refractivity contribution is 7.80. The molecule has 144 valence electrons. The molecule has 2 aromatic carbocycles. The number of carbonyl (C=O) groups is 1. The largest absolute Gasteiger partial charge is 0.497 e. The van der Waals surface area contributed by atoms with Crippen molar-refractivity contribution < 1.29 is 14.3 Å². The molecule has 5 nitrogen and oxygen atoms in total. The number of aryl methyl sites for hydroxylation is 1. The van der Waals surface area contributed by atoms with E-state index in [2.05, 4.69) is 17.6 Å². The molecule has 2 N–H and O–H groups in total. The summed E-state index contributed by atoms with van der Waals surface area (Å²) in [5.41, 5.74) is 3.39. The van der Waals surface area contributed by atoms with E-state index in [9.17, 15) is 4.79 Å². The summed E-state index contributed by atoms with van der Waals surface area (Å²) in [7, 11) is 1.65. The number of hydrogen-bond donors (Lipinski definition) is 2. The molecule has 0 aromatic heterocycles. The average Bonchev–Trinajstić information content (AvgIpc) is 2.68. The number of nitrogens with one attached hydrogen (secondary N) is 2. The summed E-state index contributed by atoms with van der Waals surface area (Å²) in [6, 6.07) is 13.4. The molecule has 0 spiro atoms. The lowest BCUT2D eigenvalue weighted by molar-refractivity contribution is 0.0526. The molecule has 0 radical (unpaired) electrons. The Balaban J connectivity index is 2.09. The van der Waals surface area contributed by atoms with E-state index < -0.39 is 0 Å². The molecule has 0 aliphatic heterocycles. The summed E-state index contributed by atoms with van der Waals surface area (Å²) in [4.78, 5) is 11.9. The minimum absolute atomic E-state index is 0.0736. The molecule has 0 amide bonds. The van der Waals surface area contributed by atoms with Crippen LogP contribution in [-0.2, 0) is 4.74 Å². The molecule has 0 aliphatic rings. The molecule has 0 aliphatic carbocycles. The number of carbonyl (C=O) groups excluding carboxylic acids is 1. The lowest BCUT2D eigenvalue weighted by Gasteiger charge is -2.21. The van der Waals surface area contributed by atoms with Crippen molar-refractivity contribution in [3.8, 4) is 5.75 Å². The lowest BCUT2D eigenvalue weighted by Crippen LogP contribution is -2.32. The Bertz CT molecular complexity index is 791. The van der Waals surface area contributed by atoms with E-state index in [0.717, 1.165) is 29.0 Å². The van der Waals surface area contributed by atoms with Crippen LogP contribution < -0.4 is 15.4 Å². The van der Waals surface area contributed by atoms with Crippen molar-refractivity contribution in [3.05, 3.63) is 59.2 Å². The number of thiocarbonyl (C=S) groups is 1. The normalized spacial score (nSPS) is 11.4. The second kappa shape index (κ2) is 9.92. The third kappa shape index (κ3) is 5.69. The van der Waals surface area contributed by atoms with Gasteiger partial charge in [0.05, 0.1) is 25.3 Å². The first-order valence-electron chi connectivity index (χ1n) is 8.97. The van der Waals surface area contributed by atoms with Crippen molar-refractivity contribution in [2.45, 2.75) is 33.2 Å². The fourth-order valence-corrected chi connectivity index (χ4v) is 2.92. The zero-order valence-corrected chi connectivity index (χ0v) is 17.0. The zero-order chi connectivity index (χ0) is 19.8. The number of benzene rings is 2. The second-order valence-corrected chi connectivity index (χ2v) is 6.49. The van der Waals surface area contributed by atoms with Crippen LogP contribution in [0.15, 0.2) is 42.5 Å². The fraction of sp³-hybridized carbons (Fsp3) is 0.333. The van der Waals surface area contributed by atoms with E-state index in [-0.39, 0.29) is 12.0 Å². The number of esters is 1. The van der Waals surface area contributed by atoms with Crippen LogP contribution in [-0.4, -0.2) is 24.8 Å². The molecule has 0 bridgehead atoms. The minimum atomic E-state index is -0.343. The van der Waals surface area contributed by atoms with Gasteiger partial charge in [-0.2, -0.15) is 0 Å². The van der Waals surface area contributed by atoms with Gasteiger partial charge in [-0.05, 0) is 67.9 Å². The highest BCUT2D eigenvalue weighted by Crippen LogP contribution is 2.21. The van der Waals surface area contributed by atoms with Crippen molar-refractivity contribution in [3.63, 3.8) is 0 Å². The van der Waals surface area contributed by atoms with Crippen LogP contribution in [0.1, 0.15) is 47.8 Å². The molecule has 0 saturated carbocycles. The van der Waals surface area contributed by atoms with Crippen molar-refractivity contribution in [1.29, 1.82) is 0 Å². The fourth-order valence-electron chi connectivity index (χ4n) is 2.67. The van der Waals surface area contributed by atoms with Gasteiger partial charge in [-0.1, -0.05) is 25.1 Å². The van der Waals surface area contributed by atoms with Gasteiger partial charge in [0, 0.05) is 5.69 Å². The maximum atomic E-state index is 11.9. The number of rotatable bonds is 7. The summed E-state index contributed by atoms with van der Waals surface area (Å²) < 4.78 is 10.3.